The summed E-state index contributed by atoms with van der Waals surface area (Å²) in [5.41, 5.74) is 4.27. The lowest BCUT2D eigenvalue weighted by molar-refractivity contribution is 0.102. The van der Waals surface area contributed by atoms with Gasteiger partial charge < -0.3 is 5.32 Å². The minimum atomic E-state index is -0.319. The summed E-state index contributed by atoms with van der Waals surface area (Å²) < 4.78 is 5.18. The molecule has 8 nitrogen and oxygen atoms in total. The first-order chi connectivity index (χ1) is 14.4. The van der Waals surface area contributed by atoms with Gasteiger partial charge in [-0.3, -0.25) is 14.2 Å². The maximum atomic E-state index is 12.5. The molecule has 0 aliphatic rings. The molecule has 0 bridgehead atoms. The first kappa shape index (κ1) is 19.9. The van der Waals surface area contributed by atoms with Gasteiger partial charge in [-0.25, -0.2) is 4.68 Å². The van der Waals surface area contributed by atoms with Gasteiger partial charge in [0.2, 0.25) is 0 Å². The van der Waals surface area contributed by atoms with Crippen LogP contribution in [0, 0.1) is 20.8 Å². The number of amides is 1. The minimum Gasteiger partial charge on any atom is -0.304 e. The first-order valence-corrected chi connectivity index (χ1v) is 9.90. The number of nitrogens with one attached hydrogen (secondary N) is 1. The van der Waals surface area contributed by atoms with E-state index < -0.39 is 0 Å². The summed E-state index contributed by atoms with van der Waals surface area (Å²) in [5.74, 6) is 0.161. The Bertz CT molecular complexity index is 1200. The van der Waals surface area contributed by atoms with Crippen LogP contribution in [0.4, 0.5) is 5.82 Å². The van der Waals surface area contributed by atoms with Crippen molar-refractivity contribution >= 4 is 23.3 Å². The number of anilines is 1. The Hall–Kier alpha value is -3.39. The maximum absolute atomic E-state index is 12.5. The van der Waals surface area contributed by atoms with E-state index in [-0.39, 0.29) is 5.91 Å². The molecule has 0 aliphatic carbocycles. The molecule has 1 N–H and O–H groups in total. The van der Waals surface area contributed by atoms with Gasteiger partial charge in [0.25, 0.3) is 5.91 Å². The Kier molecular flexibility index (Phi) is 5.41. The summed E-state index contributed by atoms with van der Waals surface area (Å²) in [6.45, 7) is 6.81. The Labute approximate surface area is 179 Å². The van der Waals surface area contributed by atoms with Crippen LogP contribution < -0.4 is 5.32 Å². The Balaban J connectivity index is 1.40. The van der Waals surface area contributed by atoms with Crippen LogP contribution in [0.25, 0.3) is 0 Å². The zero-order chi connectivity index (χ0) is 21.3. The van der Waals surface area contributed by atoms with Crippen molar-refractivity contribution in [3.8, 4) is 0 Å². The van der Waals surface area contributed by atoms with E-state index in [2.05, 4.69) is 45.7 Å². The zero-order valence-electron chi connectivity index (χ0n) is 17.0. The van der Waals surface area contributed by atoms with E-state index >= 15 is 0 Å². The van der Waals surface area contributed by atoms with Crippen molar-refractivity contribution in [1.29, 1.82) is 0 Å². The molecule has 0 atom stereocenters. The second-order valence-electron chi connectivity index (χ2n) is 7.21. The Morgan fingerprint density at radius 1 is 1.03 bits per heavy atom. The van der Waals surface area contributed by atoms with Crippen LogP contribution in [-0.2, 0) is 13.2 Å². The average Bonchev–Trinajstić information content (AvgIpc) is 3.40. The predicted octanol–water partition coefficient (Wildman–Crippen LogP) is 3.66. The number of hydrogen-bond donors (Lipinski definition) is 1. The molecule has 4 rings (SSSR count). The van der Waals surface area contributed by atoms with E-state index in [0.717, 1.165) is 17.0 Å². The highest BCUT2D eigenvalue weighted by atomic mass is 35.5. The number of aromatic nitrogens is 6. The number of hydrogen-bond acceptors (Lipinski definition) is 4. The summed E-state index contributed by atoms with van der Waals surface area (Å²) in [7, 11) is 0. The standard InChI is InChI=1S/C21H22ClN7O/c1-14-5-4-6-17(11-14)12-27-10-8-19(26-27)23-21(30)18-7-9-28(25-18)13-29-16(3)20(22)15(2)24-29/h4-11H,12-13H2,1-3H3,(H,23,26,30). The topological polar surface area (TPSA) is 82.6 Å². The Morgan fingerprint density at radius 3 is 2.57 bits per heavy atom. The van der Waals surface area contributed by atoms with Crippen LogP contribution in [0.15, 0.2) is 48.8 Å². The van der Waals surface area contributed by atoms with Crippen molar-refractivity contribution in [1.82, 2.24) is 29.3 Å². The summed E-state index contributed by atoms with van der Waals surface area (Å²) >= 11 is 6.19. The molecule has 30 heavy (non-hydrogen) atoms. The number of benzene rings is 1. The number of halogens is 1. The third-order valence-electron chi connectivity index (χ3n) is 4.75. The van der Waals surface area contributed by atoms with Gasteiger partial charge in [-0.2, -0.15) is 15.3 Å². The van der Waals surface area contributed by atoms with E-state index in [1.807, 2.05) is 26.1 Å². The van der Waals surface area contributed by atoms with Gasteiger partial charge in [-0.1, -0.05) is 41.4 Å². The normalized spacial score (nSPS) is 11.1. The molecule has 3 aromatic heterocycles. The van der Waals surface area contributed by atoms with E-state index in [9.17, 15) is 4.79 Å². The number of carbonyl (C=O) groups is 1. The van der Waals surface area contributed by atoms with Crippen LogP contribution in [0.2, 0.25) is 5.02 Å². The molecule has 9 heteroatoms. The molecule has 0 unspecified atom stereocenters. The average molecular weight is 424 g/mol. The highest BCUT2D eigenvalue weighted by molar-refractivity contribution is 6.31. The van der Waals surface area contributed by atoms with Crippen molar-refractivity contribution in [2.75, 3.05) is 5.32 Å². The largest absolute Gasteiger partial charge is 0.304 e. The van der Waals surface area contributed by atoms with Crippen LogP contribution in [0.3, 0.4) is 0 Å². The highest BCUT2D eigenvalue weighted by Crippen LogP contribution is 2.18. The molecular formula is C21H22ClN7O. The minimum absolute atomic E-state index is 0.302. The summed E-state index contributed by atoms with van der Waals surface area (Å²) in [6, 6.07) is 11.7. The van der Waals surface area contributed by atoms with Gasteiger partial charge >= 0.3 is 0 Å². The lowest BCUT2D eigenvalue weighted by Gasteiger charge is -2.04. The quantitative estimate of drug-likeness (QED) is 0.513. The van der Waals surface area contributed by atoms with Crippen molar-refractivity contribution in [2.45, 2.75) is 34.0 Å². The molecule has 0 saturated heterocycles. The molecule has 3 heterocycles. The van der Waals surface area contributed by atoms with Crippen LogP contribution in [0.1, 0.15) is 33.0 Å². The first-order valence-electron chi connectivity index (χ1n) is 9.52. The zero-order valence-corrected chi connectivity index (χ0v) is 17.8. The molecule has 0 spiro atoms. The number of aryl methyl sites for hydroxylation is 2. The van der Waals surface area contributed by atoms with E-state index in [0.29, 0.717) is 29.7 Å². The highest BCUT2D eigenvalue weighted by Gasteiger charge is 2.14. The summed E-state index contributed by atoms with van der Waals surface area (Å²) in [6.07, 6.45) is 3.57. The van der Waals surface area contributed by atoms with Gasteiger partial charge in [-0.05, 0) is 32.4 Å². The number of carbonyl (C=O) groups excluding carboxylic acids is 1. The SMILES string of the molecule is Cc1cccc(Cn2ccc(NC(=O)c3ccn(Cn4nc(C)c(Cl)c4C)n3)n2)c1. The molecule has 4 aromatic rings. The third kappa shape index (κ3) is 4.28. The molecule has 0 fully saturated rings. The maximum Gasteiger partial charge on any atom is 0.277 e. The lowest BCUT2D eigenvalue weighted by Crippen LogP contribution is -2.16. The van der Waals surface area contributed by atoms with E-state index in [1.165, 1.54) is 5.56 Å². The van der Waals surface area contributed by atoms with Crippen LogP contribution in [-0.4, -0.2) is 35.2 Å². The molecule has 0 radical (unpaired) electrons. The third-order valence-corrected chi connectivity index (χ3v) is 5.30. The monoisotopic (exact) mass is 423 g/mol. The number of rotatable bonds is 6. The van der Waals surface area contributed by atoms with Gasteiger partial charge in [0.05, 0.1) is 23.0 Å². The molecule has 0 aliphatic heterocycles. The van der Waals surface area contributed by atoms with Gasteiger partial charge in [-0.15, -0.1) is 0 Å². The van der Waals surface area contributed by atoms with E-state index in [4.69, 9.17) is 11.6 Å². The van der Waals surface area contributed by atoms with Gasteiger partial charge in [0.1, 0.15) is 6.67 Å². The fourth-order valence-corrected chi connectivity index (χ4v) is 3.34. The van der Waals surface area contributed by atoms with Crippen molar-refractivity contribution in [3.05, 3.63) is 82.0 Å². The van der Waals surface area contributed by atoms with Gasteiger partial charge in [0.15, 0.2) is 11.5 Å². The molecule has 1 aromatic carbocycles. The van der Waals surface area contributed by atoms with Crippen LogP contribution >= 0.6 is 11.6 Å². The van der Waals surface area contributed by atoms with Crippen molar-refractivity contribution < 1.29 is 4.79 Å². The van der Waals surface area contributed by atoms with E-state index in [1.54, 1.807) is 32.4 Å². The second kappa shape index (κ2) is 8.16. The molecule has 1 amide bonds. The summed E-state index contributed by atoms with van der Waals surface area (Å²) in [5, 5.41) is 16.6. The lowest BCUT2D eigenvalue weighted by atomic mass is 10.1. The smallest absolute Gasteiger partial charge is 0.277 e. The van der Waals surface area contributed by atoms with Crippen molar-refractivity contribution in [3.63, 3.8) is 0 Å². The predicted molar refractivity (Wildman–Crippen MR) is 115 cm³/mol. The molecule has 154 valence electrons. The van der Waals surface area contributed by atoms with Gasteiger partial charge in [0, 0.05) is 18.5 Å². The van der Waals surface area contributed by atoms with Crippen LogP contribution in [0.5, 0.6) is 0 Å². The fourth-order valence-electron chi connectivity index (χ4n) is 3.21. The fraction of sp³-hybridized carbons (Fsp3) is 0.238. The van der Waals surface area contributed by atoms with Crippen molar-refractivity contribution in [2.24, 2.45) is 0 Å². The second-order valence-corrected chi connectivity index (χ2v) is 7.59. The summed E-state index contributed by atoms with van der Waals surface area (Å²) in [4.78, 5) is 12.5. The molecular weight excluding hydrogens is 402 g/mol. The Morgan fingerprint density at radius 2 is 1.83 bits per heavy atom. The molecule has 0 saturated carbocycles. The number of nitrogens with zero attached hydrogens (tertiary/aromatic N) is 6.